The highest BCUT2D eigenvalue weighted by molar-refractivity contribution is 7.90. The van der Waals surface area contributed by atoms with E-state index in [-0.39, 0.29) is 11.7 Å². The van der Waals surface area contributed by atoms with Crippen molar-refractivity contribution in [3.63, 3.8) is 0 Å². The van der Waals surface area contributed by atoms with Gasteiger partial charge < -0.3 is 4.74 Å². The van der Waals surface area contributed by atoms with Crippen LogP contribution >= 0.6 is 0 Å². The summed E-state index contributed by atoms with van der Waals surface area (Å²) in [6, 6.07) is 7.46. The van der Waals surface area contributed by atoms with Gasteiger partial charge in [0.05, 0.1) is 12.4 Å². The Kier molecular flexibility index (Phi) is 5.00. The molecule has 2 rings (SSSR count). The van der Waals surface area contributed by atoms with Gasteiger partial charge in [-0.05, 0) is 23.5 Å². The number of rotatable bonds is 5. The highest BCUT2D eigenvalue weighted by Gasteiger charge is 2.30. The largest absolute Gasteiger partial charge is 0.363 e. The molecule has 0 aromatic heterocycles. The molecule has 5 nitrogen and oxygen atoms in total. The number of amides is 1. The summed E-state index contributed by atoms with van der Waals surface area (Å²) in [6.07, 6.45) is 0.638. The fourth-order valence-electron chi connectivity index (χ4n) is 2.35. The van der Waals surface area contributed by atoms with E-state index in [9.17, 15) is 13.2 Å². The van der Waals surface area contributed by atoms with E-state index in [1.54, 1.807) is 6.07 Å². The normalized spacial score (nSPS) is 19.6. The second-order valence-electron chi connectivity index (χ2n) is 5.46. The number of carbonyl (C=O) groups excluding carboxylic acids is 1. The zero-order valence-corrected chi connectivity index (χ0v) is 13.2. The standard InChI is InChI=1S/C15H21NO4S/c1-3-11(2)10-21(18,19)16-15(17)14-13-7-5-4-6-12(13)8-9-20-14/h4-7,11,14H,3,8-10H2,1-2H3,(H,16,17)/t11-,14+/m0/s1. The molecule has 1 aliphatic rings. The Hall–Kier alpha value is -1.40. The number of hydrogen-bond donors (Lipinski definition) is 1. The molecule has 0 saturated carbocycles. The third-order valence-electron chi connectivity index (χ3n) is 3.69. The molecule has 0 unspecified atom stereocenters. The summed E-state index contributed by atoms with van der Waals surface area (Å²) in [4.78, 5) is 12.2. The van der Waals surface area contributed by atoms with Crippen LogP contribution in [0.2, 0.25) is 0 Å². The predicted octanol–water partition coefficient (Wildman–Crippen LogP) is 1.79. The molecule has 0 spiro atoms. The minimum absolute atomic E-state index is 0.00913. The summed E-state index contributed by atoms with van der Waals surface area (Å²) >= 11 is 0. The van der Waals surface area contributed by atoms with Crippen molar-refractivity contribution in [2.24, 2.45) is 5.92 Å². The molecule has 0 aliphatic carbocycles. The highest BCUT2D eigenvalue weighted by atomic mass is 32.2. The van der Waals surface area contributed by atoms with Gasteiger partial charge in [-0.15, -0.1) is 0 Å². The second-order valence-corrected chi connectivity index (χ2v) is 7.23. The van der Waals surface area contributed by atoms with Crippen molar-refractivity contribution in [1.29, 1.82) is 0 Å². The van der Waals surface area contributed by atoms with Gasteiger partial charge in [-0.25, -0.2) is 8.42 Å². The van der Waals surface area contributed by atoms with Crippen molar-refractivity contribution in [1.82, 2.24) is 4.72 Å². The summed E-state index contributed by atoms with van der Waals surface area (Å²) < 4.78 is 31.6. The first kappa shape index (κ1) is 16.0. The molecule has 0 bridgehead atoms. The maximum Gasteiger partial charge on any atom is 0.267 e. The van der Waals surface area contributed by atoms with Gasteiger partial charge in [0.25, 0.3) is 5.91 Å². The number of carbonyl (C=O) groups is 1. The topological polar surface area (TPSA) is 72.5 Å². The maximum absolute atomic E-state index is 12.2. The Morgan fingerprint density at radius 2 is 2.14 bits per heavy atom. The Bertz CT molecular complexity index is 612. The fourth-order valence-corrected chi connectivity index (χ4v) is 3.83. The molecule has 1 aromatic carbocycles. The molecule has 0 saturated heterocycles. The number of hydrogen-bond acceptors (Lipinski definition) is 4. The minimum Gasteiger partial charge on any atom is -0.363 e. The van der Waals surface area contributed by atoms with Gasteiger partial charge in [-0.3, -0.25) is 9.52 Å². The zero-order valence-electron chi connectivity index (χ0n) is 12.3. The predicted molar refractivity (Wildman–Crippen MR) is 80.2 cm³/mol. The van der Waals surface area contributed by atoms with E-state index in [1.165, 1.54) is 0 Å². The Balaban J connectivity index is 2.12. The smallest absolute Gasteiger partial charge is 0.267 e. The number of ether oxygens (including phenoxy) is 1. The number of benzene rings is 1. The molecule has 0 fully saturated rings. The number of sulfonamides is 1. The first-order valence-corrected chi connectivity index (χ1v) is 8.82. The van der Waals surface area contributed by atoms with Crippen LogP contribution in [0.1, 0.15) is 37.5 Å². The SMILES string of the molecule is CC[C@H](C)CS(=O)(=O)NC(=O)[C@@H]1OCCc2ccccc21. The van der Waals surface area contributed by atoms with Crippen LogP contribution in [-0.4, -0.2) is 26.7 Å². The van der Waals surface area contributed by atoms with Gasteiger partial charge in [0.15, 0.2) is 6.10 Å². The average Bonchev–Trinajstić information content (AvgIpc) is 2.45. The number of nitrogens with one attached hydrogen (secondary N) is 1. The van der Waals surface area contributed by atoms with Gasteiger partial charge in [-0.2, -0.15) is 0 Å². The Labute approximate surface area is 125 Å². The average molecular weight is 311 g/mol. The molecule has 116 valence electrons. The van der Waals surface area contributed by atoms with Gasteiger partial charge in [0.1, 0.15) is 0 Å². The molecule has 0 radical (unpaired) electrons. The monoisotopic (exact) mass is 311 g/mol. The molecule has 1 aliphatic heterocycles. The van der Waals surface area contributed by atoms with Gasteiger partial charge in [-0.1, -0.05) is 44.5 Å². The minimum atomic E-state index is -3.62. The van der Waals surface area contributed by atoms with Crippen molar-refractivity contribution in [3.8, 4) is 0 Å². The van der Waals surface area contributed by atoms with Gasteiger partial charge >= 0.3 is 0 Å². The van der Waals surface area contributed by atoms with Crippen LogP contribution in [0.15, 0.2) is 24.3 Å². The molecular weight excluding hydrogens is 290 g/mol. The van der Waals surface area contributed by atoms with E-state index in [0.29, 0.717) is 6.61 Å². The number of fused-ring (bicyclic) bond motifs is 1. The van der Waals surface area contributed by atoms with Crippen molar-refractivity contribution < 1.29 is 17.9 Å². The van der Waals surface area contributed by atoms with E-state index < -0.39 is 22.0 Å². The second kappa shape index (κ2) is 6.58. The van der Waals surface area contributed by atoms with Crippen LogP contribution in [0.25, 0.3) is 0 Å². The molecule has 6 heteroatoms. The fraction of sp³-hybridized carbons (Fsp3) is 0.533. The van der Waals surface area contributed by atoms with Crippen LogP contribution in [0.5, 0.6) is 0 Å². The molecule has 1 N–H and O–H groups in total. The van der Waals surface area contributed by atoms with E-state index >= 15 is 0 Å². The van der Waals surface area contributed by atoms with Crippen LogP contribution in [0.4, 0.5) is 0 Å². The molecule has 1 aromatic rings. The summed E-state index contributed by atoms with van der Waals surface area (Å²) in [5.41, 5.74) is 1.78. The van der Waals surface area contributed by atoms with E-state index in [2.05, 4.69) is 4.72 Å². The van der Waals surface area contributed by atoms with Gasteiger partial charge in [0.2, 0.25) is 10.0 Å². The van der Waals surface area contributed by atoms with E-state index in [4.69, 9.17) is 4.74 Å². The lowest BCUT2D eigenvalue weighted by Crippen LogP contribution is -2.39. The Morgan fingerprint density at radius 3 is 2.86 bits per heavy atom. The first-order valence-electron chi connectivity index (χ1n) is 7.16. The van der Waals surface area contributed by atoms with Crippen molar-refractivity contribution >= 4 is 15.9 Å². The van der Waals surface area contributed by atoms with Crippen molar-refractivity contribution in [2.45, 2.75) is 32.8 Å². The van der Waals surface area contributed by atoms with Crippen LogP contribution in [-0.2, 0) is 26.0 Å². The first-order chi connectivity index (χ1) is 9.93. The van der Waals surface area contributed by atoms with Crippen molar-refractivity contribution in [3.05, 3.63) is 35.4 Å². The third-order valence-corrected chi connectivity index (χ3v) is 5.21. The third kappa shape index (κ3) is 4.04. The molecular formula is C15H21NO4S. The van der Waals surface area contributed by atoms with E-state index in [1.807, 2.05) is 32.0 Å². The molecule has 2 atom stereocenters. The zero-order chi connectivity index (χ0) is 15.5. The molecule has 21 heavy (non-hydrogen) atoms. The van der Waals surface area contributed by atoms with Gasteiger partial charge in [0, 0.05) is 0 Å². The quantitative estimate of drug-likeness (QED) is 0.900. The van der Waals surface area contributed by atoms with Crippen LogP contribution in [0.3, 0.4) is 0 Å². The van der Waals surface area contributed by atoms with Crippen LogP contribution < -0.4 is 4.72 Å². The lowest BCUT2D eigenvalue weighted by atomic mass is 9.97. The highest BCUT2D eigenvalue weighted by Crippen LogP contribution is 2.27. The van der Waals surface area contributed by atoms with Crippen molar-refractivity contribution in [2.75, 3.05) is 12.4 Å². The summed E-state index contributed by atoms with van der Waals surface area (Å²) in [5.74, 6) is -0.649. The molecule has 1 heterocycles. The molecule has 1 amide bonds. The van der Waals surface area contributed by atoms with Crippen LogP contribution in [0, 0.1) is 5.92 Å². The lowest BCUT2D eigenvalue weighted by Gasteiger charge is -2.25. The summed E-state index contributed by atoms with van der Waals surface area (Å²) in [7, 11) is -3.62. The maximum atomic E-state index is 12.2. The summed E-state index contributed by atoms with van der Waals surface area (Å²) in [5, 5.41) is 0. The lowest BCUT2D eigenvalue weighted by molar-refractivity contribution is -0.132. The summed E-state index contributed by atoms with van der Waals surface area (Å²) in [6.45, 7) is 4.18. The Morgan fingerprint density at radius 1 is 1.43 bits per heavy atom. The van der Waals surface area contributed by atoms with E-state index in [0.717, 1.165) is 24.0 Å².